The molecule has 108 valence electrons. The Balaban J connectivity index is 2.53. The van der Waals surface area contributed by atoms with Gasteiger partial charge in [-0.25, -0.2) is 4.79 Å². The van der Waals surface area contributed by atoms with E-state index in [9.17, 15) is 4.79 Å². The molecule has 0 aliphatic heterocycles. The first-order chi connectivity index (χ1) is 8.97. The van der Waals surface area contributed by atoms with Gasteiger partial charge in [-0.3, -0.25) is 4.98 Å². The van der Waals surface area contributed by atoms with E-state index in [1.807, 2.05) is 0 Å². The first-order valence-electron chi connectivity index (χ1n) is 6.71. The van der Waals surface area contributed by atoms with Crippen LogP contribution in [0, 0.1) is 11.8 Å². The van der Waals surface area contributed by atoms with Gasteiger partial charge in [0.2, 0.25) is 0 Å². The molecule has 1 rings (SSSR count). The van der Waals surface area contributed by atoms with Crippen molar-refractivity contribution in [3.63, 3.8) is 0 Å². The third-order valence-electron chi connectivity index (χ3n) is 2.47. The lowest BCUT2D eigenvalue weighted by Crippen LogP contribution is -2.17. The number of rotatable bonds is 8. The Kier molecular flexibility index (Phi) is 6.32. The molecule has 0 amide bonds. The summed E-state index contributed by atoms with van der Waals surface area (Å²) in [6.07, 6.45) is 1.79. The van der Waals surface area contributed by atoms with Gasteiger partial charge in [0.05, 0.1) is 13.2 Å². The van der Waals surface area contributed by atoms with Gasteiger partial charge in [0.15, 0.2) is 0 Å². The van der Waals surface area contributed by atoms with E-state index in [1.54, 1.807) is 0 Å². The molecule has 0 aromatic carbocycles. The van der Waals surface area contributed by atoms with Crippen LogP contribution in [0.2, 0.25) is 0 Å². The highest BCUT2D eigenvalue weighted by Crippen LogP contribution is 2.08. The van der Waals surface area contributed by atoms with Crippen LogP contribution in [0.4, 0.5) is 0 Å². The maximum atomic E-state index is 11.3. The minimum Gasteiger partial charge on any atom is -0.465 e. The predicted octanol–water partition coefficient (Wildman–Crippen LogP) is 2.01. The maximum Gasteiger partial charge on any atom is 0.353 e. The number of H-pyrrole nitrogens is 1. The topological polar surface area (TPSA) is 77.1 Å². The van der Waals surface area contributed by atoms with Crippen molar-refractivity contribution >= 4 is 0 Å². The van der Waals surface area contributed by atoms with E-state index in [1.165, 1.54) is 0 Å². The molecule has 0 saturated heterocycles. The molecule has 0 unspecified atom stereocenters. The van der Waals surface area contributed by atoms with Gasteiger partial charge in [0.25, 0.3) is 0 Å². The molecule has 1 heterocycles. The lowest BCUT2D eigenvalue weighted by atomic mass is 10.1. The number of ether oxygens (including phenoxy) is 2. The fourth-order valence-corrected chi connectivity index (χ4v) is 1.26. The second-order valence-corrected chi connectivity index (χ2v) is 5.30. The Morgan fingerprint density at radius 3 is 2.16 bits per heavy atom. The summed E-state index contributed by atoms with van der Waals surface area (Å²) in [7, 11) is 0. The average molecular weight is 269 g/mol. The second-order valence-electron chi connectivity index (χ2n) is 5.30. The van der Waals surface area contributed by atoms with E-state index in [2.05, 4.69) is 42.6 Å². The number of hydrogen-bond donors (Lipinski definition) is 1. The van der Waals surface area contributed by atoms with Crippen molar-refractivity contribution in [1.29, 1.82) is 0 Å². The summed E-state index contributed by atoms with van der Waals surface area (Å²) in [6, 6.07) is 0.240. The van der Waals surface area contributed by atoms with Crippen molar-refractivity contribution in [2.75, 3.05) is 13.2 Å². The molecule has 1 aromatic heterocycles. The Bertz CT molecular complexity index is 394. The summed E-state index contributed by atoms with van der Waals surface area (Å²) in [5.74, 6) is 1.07. The van der Waals surface area contributed by atoms with Crippen molar-refractivity contribution in [2.45, 2.75) is 40.5 Å². The van der Waals surface area contributed by atoms with Gasteiger partial charge in [-0.2, -0.15) is 0 Å². The molecule has 0 fully saturated rings. The summed E-state index contributed by atoms with van der Waals surface area (Å²) in [5.41, 5.74) is -0.505. The lowest BCUT2D eigenvalue weighted by Gasteiger charge is -2.08. The minimum atomic E-state index is -0.505. The quantitative estimate of drug-likeness (QED) is 0.781. The molecule has 0 radical (unpaired) electrons. The predicted molar refractivity (Wildman–Crippen MR) is 72.6 cm³/mol. The molecular formula is C13H23N3O3. The molecule has 19 heavy (non-hydrogen) atoms. The molecule has 0 saturated carbocycles. The monoisotopic (exact) mass is 269 g/mol. The van der Waals surface area contributed by atoms with Crippen molar-refractivity contribution in [3.8, 4) is 12.0 Å². The van der Waals surface area contributed by atoms with E-state index in [-0.39, 0.29) is 12.0 Å². The third-order valence-corrected chi connectivity index (χ3v) is 2.47. The van der Waals surface area contributed by atoms with Crippen LogP contribution in [0.25, 0.3) is 0 Å². The Hall–Kier alpha value is -1.59. The van der Waals surface area contributed by atoms with Crippen LogP contribution in [0.15, 0.2) is 4.79 Å². The number of nitrogens with one attached hydrogen (secondary N) is 1. The highest BCUT2D eigenvalue weighted by Gasteiger charge is 2.06. The summed E-state index contributed by atoms with van der Waals surface area (Å²) in [4.78, 5) is 21.4. The van der Waals surface area contributed by atoms with E-state index in [0.29, 0.717) is 25.0 Å². The van der Waals surface area contributed by atoms with E-state index >= 15 is 0 Å². The van der Waals surface area contributed by atoms with Gasteiger partial charge in [0.1, 0.15) is 0 Å². The molecule has 0 aliphatic carbocycles. The first-order valence-corrected chi connectivity index (χ1v) is 6.71. The van der Waals surface area contributed by atoms with Crippen LogP contribution >= 0.6 is 0 Å². The number of nitrogens with zero attached hydrogens (tertiary/aromatic N) is 2. The summed E-state index contributed by atoms with van der Waals surface area (Å²) in [6.45, 7) is 9.41. The van der Waals surface area contributed by atoms with Gasteiger partial charge >= 0.3 is 17.7 Å². The molecule has 0 spiro atoms. The van der Waals surface area contributed by atoms with Crippen LogP contribution in [0.5, 0.6) is 12.0 Å². The summed E-state index contributed by atoms with van der Waals surface area (Å²) in [5, 5.41) is 0. The van der Waals surface area contributed by atoms with Crippen molar-refractivity contribution in [1.82, 2.24) is 15.0 Å². The number of hydrogen-bond acceptors (Lipinski definition) is 5. The SMILES string of the molecule is CC(C)CCOc1nc(OCCC(C)C)[nH]c(=O)n1. The zero-order chi connectivity index (χ0) is 14.3. The van der Waals surface area contributed by atoms with Gasteiger partial charge in [-0.1, -0.05) is 27.7 Å². The largest absolute Gasteiger partial charge is 0.465 e. The van der Waals surface area contributed by atoms with Crippen LogP contribution in [-0.4, -0.2) is 28.2 Å². The standard InChI is InChI=1S/C13H23N3O3/c1-9(2)5-7-18-12-14-11(17)15-13(16-12)19-8-6-10(3)4/h9-10H,5-8H2,1-4H3,(H,14,15,16,17). The zero-order valence-corrected chi connectivity index (χ0v) is 12.1. The number of aromatic amines is 1. The maximum absolute atomic E-state index is 11.3. The normalized spacial score (nSPS) is 11.1. The highest BCUT2D eigenvalue weighted by atomic mass is 16.5. The molecule has 1 N–H and O–H groups in total. The van der Waals surface area contributed by atoms with E-state index < -0.39 is 5.69 Å². The fraction of sp³-hybridized carbons (Fsp3) is 0.769. The van der Waals surface area contributed by atoms with Crippen molar-refractivity contribution < 1.29 is 9.47 Å². The molecule has 0 aliphatic rings. The minimum absolute atomic E-state index is 0.0731. The molecule has 6 heteroatoms. The van der Waals surface area contributed by atoms with Crippen molar-refractivity contribution in [3.05, 3.63) is 10.5 Å². The van der Waals surface area contributed by atoms with Crippen LogP contribution < -0.4 is 15.2 Å². The first kappa shape index (κ1) is 15.5. The Morgan fingerprint density at radius 1 is 1.00 bits per heavy atom. The van der Waals surface area contributed by atoms with Gasteiger partial charge in [-0.05, 0) is 24.7 Å². The summed E-state index contributed by atoms with van der Waals surface area (Å²) < 4.78 is 10.7. The smallest absolute Gasteiger partial charge is 0.353 e. The van der Waals surface area contributed by atoms with Crippen LogP contribution in [0.3, 0.4) is 0 Å². The van der Waals surface area contributed by atoms with Gasteiger partial charge in [-0.15, -0.1) is 9.97 Å². The van der Waals surface area contributed by atoms with Crippen LogP contribution in [-0.2, 0) is 0 Å². The van der Waals surface area contributed by atoms with Gasteiger partial charge < -0.3 is 9.47 Å². The summed E-state index contributed by atoms with van der Waals surface area (Å²) >= 11 is 0. The Labute approximate surface area is 113 Å². The highest BCUT2D eigenvalue weighted by molar-refractivity contribution is 4.99. The zero-order valence-electron chi connectivity index (χ0n) is 12.1. The second kappa shape index (κ2) is 7.76. The molecule has 0 atom stereocenters. The van der Waals surface area contributed by atoms with E-state index in [0.717, 1.165) is 12.8 Å². The molecular weight excluding hydrogens is 246 g/mol. The lowest BCUT2D eigenvalue weighted by molar-refractivity contribution is 0.240. The van der Waals surface area contributed by atoms with Gasteiger partial charge in [0, 0.05) is 0 Å². The van der Waals surface area contributed by atoms with Crippen LogP contribution in [0.1, 0.15) is 40.5 Å². The molecule has 6 nitrogen and oxygen atoms in total. The number of aromatic nitrogens is 3. The Morgan fingerprint density at radius 2 is 1.58 bits per heavy atom. The third kappa shape index (κ3) is 6.79. The molecule has 0 bridgehead atoms. The average Bonchev–Trinajstić information content (AvgIpc) is 2.27. The van der Waals surface area contributed by atoms with E-state index in [4.69, 9.17) is 9.47 Å². The van der Waals surface area contributed by atoms with Crippen molar-refractivity contribution in [2.24, 2.45) is 11.8 Å². The molecule has 1 aromatic rings. The fourth-order valence-electron chi connectivity index (χ4n) is 1.26.